The lowest BCUT2D eigenvalue weighted by molar-refractivity contribution is 0.101. The minimum atomic E-state index is -0.0424. The third-order valence-corrected chi connectivity index (χ3v) is 2.01. The van der Waals surface area contributed by atoms with Gasteiger partial charge in [-0.1, -0.05) is 11.6 Å². The molecule has 0 saturated heterocycles. The molecule has 0 aliphatic rings. The fraction of sp³-hybridized carbons (Fsp3) is 0.125. The topological polar surface area (TPSA) is 47.3 Å². The van der Waals surface area contributed by atoms with E-state index in [0.717, 1.165) is 0 Å². The summed E-state index contributed by atoms with van der Waals surface area (Å²) in [5.74, 6) is 0.453. The number of carbonyl (C=O) groups excluding carboxylic acids is 1. The zero-order chi connectivity index (χ0) is 9.42. The fourth-order valence-electron chi connectivity index (χ4n) is 1.03. The summed E-state index contributed by atoms with van der Waals surface area (Å²) in [6, 6.07) is 0. The number of fused-ring (bicyclic) bond motifs is 1. The standard InChI is InChI=1S/C8H6ClN3O/c1-5(13)6-2-10-8-11-3-7(9)12(8)4-6/h2-4H,1H3. The highest BCUT2D eigenvalue weighted by Gasteiger charge is 2.04. The van der Waals surface area contributed by atoms with E-state index in [1.54, 1.807) is 10.6 Å². The van der Waals surface area contributed by atoms with Gasteiger partial charge in [-0.3, -0.25) is 9.20 Å². The summed E-state index contributed by atoms with van der Waals surface area (Å²) in [5, 5.41) is 0.450. The van der Waals surface area contributed by atoms with Gasteiger partial charge in [-0.05, 0) is 6.92 Å². The van der Waals surface area contributed by atoms with Crippen LogP contribution in [0, 0.1) is 0 Å². The van der Waals surface area contributed by atoms with Crippen LogP contribution in [0.3, 0.4) is 0 Å². The van der Waals surface area contributed by atoms with Crippen molar-refractivity contribution < 1.29 is 4.79 Å². The highest BCUT2D eigenvalue weighted by molar-refractivity contribution is 6.29. The summed E-state index contributed by atoms with van der Waals surface area (Å²) in [5.41, 5.74) is 0.521. The van der Waals surface area contributed by atoms with Crippen molar-refractivity contribution in [3.8, 4) is 0 Å². The van der Waals surface area contributed by atoms with Gasteiger partial charge in [-0.2, -0.15) is 0 Å². The molecule has 0 aromatic carbocycles. The Morgan fingerprint density at radius 2 is 2.15 bits per heavy atom. The third-order valence-electron chi connectivity index (χ3n) is 1.73. The molecule has 0 N–H and O–H groups in total. The molecule has 2 aromatic rings. The summed E-state index contributed by atoms with van der Waals surface area (Å²) < 4.78 is 1.57. The molecule has 0 saturated carbocycles. The number of aromatic nitrogens is 3. The first-order chi connectivity index (χ1) is 6.18. The first-order valence-electron chi connectivity index (χ1n) is 3.68. The Morgan fingerprint density at radius 1 is 1.46 bits per heavy atom. The summed E-state index contributed by atoms with van der Waals surface area (Å²) in [4.78, 5) is 18.9. The molecule has 2 heterocycles. The Balaban J connectivity index is 2.72. The van der Waals surface area contributed by atoms with Gasteiger partial charge in [0, 0.05) is 12.4 Å². The molecular formula is C8H6ClN3O. The van der Waals surface area contributed by atoms with Crippen molar-refractivity contribution >= 4 is 23.2 Å². The lowest BCUT2D eigenvalue weighted by atomic mass is 10.2. The van der Waals surface area contributed by atoms with Crippen LogP contribution >= 0.6 is 11.6 Å². The van der Waals surface area contributed by atoms with Gasteiger partial charge in [-0.25, -0.2) is 9.97 Å². The number of Topliss-reactive ketones (excluding diaryl/α,β-unsaturated/α-hetero) is 1. The Kier molecular flexibility index (Phi) is 1.77. The molecule has 0 aliphatic heterocycles. The summed E-state index contributed by atoms with van der Waals surface area (Å²) >= 11 is 5.80. The van der Waals surface area contributed by atoms with Crippen LogP contribution in [-0.2, 0) is 0 Å². The normalized spacial score (nSPS) is 10.6. The van der Waals surface area contributed by atoms with Gasteiger partial charge in [0.25, 0.3) is 0 Å². The molecule has 13 heavy (non-hydrogen) atoms. The highest BCUT2D eigenvalue weighted by Crippen LogP contribution is 2.11. The molecule has 0 aliphatic carbocycles. The number of halogens is 1. The Hall–Kier alpha value is -1.42. The molecule has 0 radical (unpaired) electrons. The molecule has 4 nitrogen and oxygen atoms in total. The van der Waals surface area contributed by atoms with Crippen LogP contribution < -0.4 is 0 Å². The van der Waals surface area contributed by atoms with Crippen LogP contribution in [0.5, 0.6) is 0 Å². The largest absolute Gasteiger partial charge is 0.294 e. The lowest BCUT2D eigenvalue weighted by Crippen LogP contribution is -1.97. The number of imidazole rings is 1. The number of hydrogen-bond acceptors (Lipinski definition) is 3. The Labute approximate surface area is 79.2 Å². The summed E-state index contributed by atoms with van der Waals surface area (Å²) in [7, 11) is 0. The predicted octanol–water partition coefficient (Wildman–Crippen LogP) is 1.59. The molecule has 2 aromatic heterocycles. The van der Waals surface area contributed by atoms with Crippen LogP contribution in [0.2, 0.25) is 5.15 Å². The van der Waals surface area contributed by atoms with Gasteiger partial charge in [-0.15, -0.1) is 0 Å². The molecule has 2 rings (SSSR count). The SMILES string of the molecule is CC(=O)c1cnc2ncc(Cl)n2c1. The number of rotatable bonds is 1. The Morgan fingerprint density at radius 3 is 2.85 bits per heavy atom. The smallest absolute Gasteiger partial charge is 0.234 e. The third kappa shape index (κ3) is 1.29. The lowest BCUT2D eigenvalue weighted by Gasteiger charge is -1.96. The zero-order valence-corrected chi connectivity index (χ0v) is 7.62. The van der Waals surface area contributed by atoms with E-state index in [4.69, 9.17) is 11.6 Å². The van der Waals surface area contributed by atoms with Crippen molar-refractivity contribution in [3.63, 3.8) is 0 Å². The van der Waals surface area contributed by atoms with E-state index in [2.05, 4.69) is 9.97 Å². The number of hydrogen-bond donors (Lipinski definition) is 0. The van der Waals surface area contributed by atoms with Crippen LogP contribution in [0.4, 0.5) is 0 Å². The maximum absolute atomic E-state index is 11.0. The van der Waals surface area contributed by atoms with Crippen molar-refractivity contribution in [2.75, 3.05) is 0 Å². The summed E-state index contributed by atoms with van der Waals surface area (Å²) in [6.45, 7) is 1.48. The molecule has 0 spiro atoms. The number of nitrogens with zero attached hydrogens (tertiary/aromatic N) is 3. The van der Waals surface area contributed by atoms with E-state index in [9.17, 15) is 4.79 Å². The average molecular weight is 196 g/mol. The van der Waals surface area contributed by atoms with E-state index < -0.39 is 0 Å². The van der Waals surface area contributed by atoms with E-state index in [0.29, 0.717) is 16.5 Å². The maximum atomic E-state index is 11.0. The van der Waals surface area contributed by atoms with Crippen LogP contribution in [0.1, 0.15) is 17.3 Å². The van der Waals surface area contributed by atoms with Gasteiger partial charge in [0.2, 0.25) is 5.78 Å². The van der Waals surface area contributed by atoms with E-state index >= 15 is 0 Å². The van der Waals surface area contributed by atoms with E-state index in [1.165, 1.54) is 19.3 Å². The molecule has 0 amide bonds. The second-order valence-corrected chi connectivity index (χ2v) is 3.04. The van der Waals surface area contributed by atoms with E-state index in [-0.39, 0.29) is 5.78 Å². The van der Waals surface area contributed by atoms with Gasteiger partial charge < -0.3 is 0 Å². The van der Waals surface area contributed by atoms with Crippen molar-refractivity contribution in [1.82, 2.24) is 14.4 Å². The highest BCUT2D eigenvalue weighted by atomic mass is 35.5. The molecule has 0 fully saturated rings. The minimum Gasteiger partial charge on any atom is -0.294 e. The maximum Gasteiger partial charge on any atom is 0.234 e. The second kappa shape index (κ2) is 2.81. The van der Waals surface area contributed by atoms with Gasteiger partial charge in [0.1, 0.15) is 5.15 Å². The van der Waals surface area contributed by atoms with Crippen molar-refractivity contribution in [1.29, 1.82) is 0 Å². The second-order valence-electron chi connectivity index (χ2n) is 2.65. The van der Waals surface area contributed by atoms with Gasteiger partial charge in [0.05, 0.1) is 11.8 Å². The molecule has 0 atom stereocenters. The first kappa shape index (κ1) is 8.19. The van der Waals surface area contributed by atoms with Crippen LogP contribution in [-0.4, -0.2) is 20.2 Å². The summed E-state index contributed by atoms with van der Waals surface area (Å²) in [6.07, 6.45) is 4.61. The quantitative estimate of drug-likeness (QED) is 0.650. The first-order valence-corrected chi connectivity index (χ1v) is 4.06. The molecule has 5 heteroatoms. The number of carbonyl (C=O) groups is 1. The van der Waals surface area contributed by atoms with Crippen molar-refractivity contribution in [2.45, 2.75) is 6.92 Å². The van der Waals surface area contributed by atoms with Crippen LogP contribution in [0.15, 0.2) is 18.6 Å². The van der Waals surface area contributed by atoms with Gasteiger partial charge in [0.15, 0.2) is 5.78 Å². The zero-order valence-electron chi connectivity index (χ0n) is 6.86. The van der Waals surface area contributed by atoms with Crippen LogP contribution in [0.25, 0.3) is 5.78 Å². The molecular weight excluding hydrogens is 190 g/mol. The van der Waals surface area contributed by atoms with Crippen molar-refractivity contribution in [2.24, 2.45) is 0 Å². The molecule has 0 bridgehead atoms. The number of ketones is 1. The average Bonchev–Trinajstić information content (AvgIpc) is 2.47. The van der Waals surface area contributed by atoms with Gasteiger partial charge >= 0.3 is 0 Å². The van der Waals surface area contributed by atoms with Crippen molar-refractivity contribution in [3.05, 3.63) is 29.3 Å². The minimum absolute atomic E-state index is 0.0424. The predicted molar refractivity (Wildman–Crippen MR) is 48.0 cm³/mol. The molecule has 66 valence electrons. The Bertz CT molecular complexity index is 477. The monoisotopic (exact) mass is 195 g/mol. The fourth-order valence-corrected chi connectivity index (χ4v) is 1.20. The molecule has 0 unspecified atom stereocenters. The van der Waals surface area contributed by atoms with E-state index in [1.807, 2.05) is 0 Å².